The molecule has 0 saturated carbocycles. The van der Waals surface area contributed by atoms with E-state index in [-0.39, 0.29) is 18.3 Å². The minimum Gasteiger partial charge on any atom is -0.465 e. The lowest BCUT2D eigenvalue weighted by Gasteiger charge is -2.33. The van der Waals surface area contributed by atoms with E-state index in [0.717, 1.165) is 29.6 Å². The van der Waals surface area contributed by atoms with E-state index in [4.69, 9.17) is 21.1 Å². The predicted molar refractivity (Wildman–Crippen MR) is 159 cm³/mol. The molecule has 4 aromatic rings. The molecular weight excluding hydrogens is 542 g/mol. The number of hydrogen-bond donors (Lipinski definition) is 0. The van der Waals surface area contributed by atoms with Gasteiger partial charge in [-0.2, -0.15) is 0 Å². The van der Waals surface area contributed by atoms with Gasteiger partial charge in [-0.1, -0.05) is 35.9 Å². The van der Waals surface area contributed by atoms with E-state index in [0.29, 0.717) is 35.1 Å². The molecule has 1 saturated heterocycles. The summed E-state index contributed by atoms with van der Waals surface area (Å²) >= 11 is 6.35. The standard InChI is InChI=1S/C32H34ClN3O5/c1-32(2,3)41-31(39)34-16-14-23(15-17-34)22-8-11-26(12-9-22)36-28-19-25(33)10-13-27(28)35(30(36)38)20-21-6-5-7-24(18-21)29(37)40-4/h5-13,18-19,23H,14-17,20H2,1-4H3. The fourth-order valence-electron chi connectivity index (χ4n) is 5.35. The number of piperidine rings is 1. The molecule has 0 spiro atoms. The van der Waals surface area contributed by atoms with E-state index in [2.05, 4.69) is 12.1 Å². The third-order valence-corrected chi connectivity index (χ3v) is 7.58. The molecule has 0 bridgehead atoms. The van der Waals surface area contributed by atoms with Crippen molar-refractivity contribution in [2.75, 3.05) is 20.2 Å². The smallest absolute Gasteiger partial charge is 0.410 e. The molecule has 5 rings (SSSR count). The Morgan fingerprint density at radius 3 is 2.32 bits per heavy atom. The van der Waals surface area contributed by atoms with Gasteiger partial charge in [-0.15, -0.1) is 0 Å². The summed E-state index contributed by atoms with van der Waals surface area (Å²) in [5.41, 5.74) is 3.86. The topological polar surface area (TPSA) is 82.8 Å². The van der Waals surface area contributed by atoms with Crippen LogP contribution in [0.1, 0.15) is 61.0 Å². The van der Waals surface area contributed by atoms with Crippen molar-refractivity contribution in [2.24, 2.45) is 0 Å². The second-order valence-electron chi connectivity index (χ2n) is 11.4. The third-order valence-electron chi connectivity index (χ3n) is 7.35. The number of aromatic nitrogens is 2. The molecule has 2 heterocycles. The fraction of sp³-hybridized carbons (Fsp3) is 0.344. The van der Waals surface area contributed by atoms with Gasteiger partial charge in [0.05, 0.1) is 35.9 Å². The molecule has 1 aromatic heterocycles. The number of amides is 1. The molecule has 8 nitrogen and oxygen atoms in total. The van der Waals surface area contributed by atoms with Crippen LogP contribution >= 0.6 is 11.6 Å². The molecule has 3 aromatic carbocycles. The summed E-state index contributed by atoms with van der Waals surface area (Å²) in [5.74, 6) is -0.110. The monoisotopic (exact) mass is 575 g/mol. The largest absolute Gasteiger partial charge is 0.465 e. The molecular formula is C32H34ClN3O5. The van der Waals surface area contributed by atoms with E-state index in [9.17, 15) is 14.4 Å². The zero-order chi connectivity index (χ0) is 29.3. The van der Waals surface area contributed by atoms with E-state index in [1.807, 2.05) is 45.0 Å². The first-order chi connectivity index (χ1) is 19.5. The first-order valence-corrected chi connectivity index (χ1v) is 14.1. The molecule has 0 radical (unpaired) electrons. The van der Waals surface area contributed by atoms with Crippen molar-refractivity contribution in [1.29, 1.82) is 0 Å². The molecule has 0 aliphatic carbocycles. The molecule has 1 amide bonds. The van der Waals surface area contributed by atoms with Crippen LogP contribution in [0.15, 0.2) is 71.5 Å². The molecule has 9 heteroatoms. The Morgan fingerprint density at radius 2 is 1.66 bits per heavy atom. The second kappa shape index (κ2) is 11.4. The maximum absolute atomic E-state index is 13.8. The fourth-order valence-corrected chi connectivity index (χ4v) is 5.51. The van der Waals surface area contributed by atoms with Gasteiger partial charge in [0.2, 0.25) is 0 Å². The SMILES string of the molecule is COC(=O)c1cccc(Cn2c(=O)n(-c3ccc(C4CCN(C(=O)OC(C)(C)C)CC4)cc3)c3cc(Cl)ccc32)c1. The maximum Gasteiger partial charge on any atom is 0.410 e. The van der Waals surface area contributed by atoms with Gasteiger partial charge in [-0.05, 0) is 93.1 Å². The van der Waals surface area contributed by atoms with Gasteiger partial charge in [0, 0.05) is 18.1 Å². The Labute approximate surface area is 244 Å². The van der Waals surface area contributed by atoms with Gasteiger partial charge < -0.3 is 14.4 Å². The van der Waals surface area contributed by atoms with Crippen molar-refractivity contribution >= 4 is 34.7 Å². The van der Waals surface area contributed by atoms with Crippen LogP contribution in [-0.2, 0) is 16.0 Å². The number of halogens is 1. The number of ether oxygens (including phenoxy) is 2. The first-order valence-electron chi connectivity index (χ1n) is 13.7. The molecule has 214 valence electrons. The summed E-state index contributed by atoms with van der Waals surface area (Å²) in [6.45, 7) is 7.19. The molecule has 1 fully saturated rings. The first kappa shape index (κ1) is 28.5. The summed E-state index contributed by atoms with van der Waals surface area (Å²) in [5, 5.41) is 0.532. The average molecular weight is 576 g/mol. The quantitative estimate of drug-likeness (QED) is 0.257. The third kappa shape index (κ3) is 6.17. The molecule has 1 aliphatic heterocycles. The van der Waals surface area contributed by atoms with E-state index in [1.165, 1.54) is 12.7 Å². The van der Waals surface area contributed by atoms with Gasteiger partial charge in [-0.25, -0.2) is 14.4 Å². The van der Waals surface area contributed by atoms with Crippen molar-refractivity contribution < 1.29 is 19.1 Å². The molecule has 41 heavy (non-hydrogen) atoms. The summed E-state index contributed by atoms with van der Waals surface area (Å²) in [7, 11) is 1.34. The van der Waals surface area contributed by atoms with Crippen LogP contribution in [0.25, 0.3) is 16.7 Å². The van der Waals surface area contributed by atoms with Crippen LogP contribution in [-0.4, -0.2) is 51.9 Å². The highest BCUT2D eigenvalue weighted by Crippen LogP contribution is 2.30. The highest BCUT2D eigenvalue weighted by Gasteiger charge is 2.27. The van der Waals surface area contributed by atoms with Gasteiger partial charge in [0.25, 0.3) is 0 Å². The zero-order valence-corrected chi connectivity index (χ0v) is 24.5. The average Bonchev–Trinajstić information content (AvgIpc) is 3.21. The highest BCUT2D eigenvalue weighted by molar-refractivity contribution is 6.31. The van der Waals surface area contributed by atoms with Crippen molar-refractivity contribution in [3.05, 3.63) is 98.9 Å². The number of carbonyl (C=O) groups excluding carboxylic acids is 2. The summed E-state index contributed by atoms with van der Waals surface area (Å²) in [6.07, 6.45) is 1.42. The van der Waals surface area contributed by atoms with Gasteiger partial charge in [0.1, 0.15) is 5.60 Å². The summed E-state index contributed by atoms with van der Waals surface area (Å²) < 4.78 is 13.7. The van der Waals surface area contributed by atoms with Crippen molar-refractivity contribution in [2.45, 2.75) is 51.7 Å². The molecule has 0 unspecified atom stereocenters. The Bertz CT molecular complexity index is 1640. The lowest BCUT2D eigenvalue weighted by molar-refractivity contribution is 0.0204. The number of methoxy groups -OCH3 is 1. The minimum atomic E-state index is -0.512. The number of carbonyl (C=O) groups is 2. The maximum atomic E-state index is 13.8. The number of imidazole rings is 1. The Kier molecular flexibility index (Phi) is 7.95. The van der Waals surface area contributed by atoms with E-state index in [1.54, 1.807) is 44.4 Å². The number of rotatable bonds is 5. The Balaban J connectivity index is 1.40. The number of hydrogen-bond acceptors (Lipinski definition) is 5. The minimum absolute atomic E-state index is 0.204. The van der Waals surface area contributed by atoms with Crippen LogP contribution in [0.5, 0.6) is 0 Å². The van der Waals surface area contributed by atoms with E-state index < -0.39 is 11.6 Å². The van der Waals surface area contributed by atoms with Crippen molar-refractivity contribution in [3.63, 3.8) is 0 Å². The van der Waals surface area contributed by atoms with Crippen molar-refractivity contribution in [3.8, 4) is 5.69 Å². The lowest BCUT2D eigenvalue weighted by atomic mass is 9.89. The number of likely N-dealkylation sites (tertiary alicyclic amines) is 1. The number of esters is 1. The Hall–Kier alpha value is -4.04. The molecule has 1 aliphatic rings. The van der Waals surface area contributed by atoms with Crippen LogP contribution in [0.3, 0.4) is 0 Å². The lowest BCUT2D eigenvalue weighted by Crippen LogP contribution is -2.41. The number of nitrogens with zero attached hydrogens (tertiary/aromatic N) is 3. The van der Waals surface area contributed by atoms with Crippen LogP contribution in [0.2, 0.25) is 5.02 Å². The number of benzene rings is 3. The predicted octanol–water partition coefficient (Wildman–Crippen LogP) is 6.40. The highest BCUT2D eigenvalue weighted by atomic mass is 35.5. The number of fused-ring (bicyclic) bond motifs is 1. The van der Waals surface area contributed by atoms with Crippen LogP contribution in [0, 0.1) is 0 Å². The van der Waals surface area contributed by atoms with Crippen LogP contribution < -0.4 is 5.69 Å². The summed E-state index contributed by atoms with van der Waals surface area (Å²) in [6, 6.07) is 20.5. The van der Waals surface area contributed by atoms with Gasteiger partial charge >= 0.3 is 17.8 Å². The zero-order valence-electron chi connectivity index (χ0n) is 23.7. The normalized spacial score (nSPS) is 14.3. The Morgan fingerprint density at radius 1 is 0.951 bits per heavy atom. The van der Waals surface area contributed by atoms with Gasteiger partial charge in [0.15, 0.2) is 0 Å². The van der Waals surface area contributed by atoms with Crippen molar-refractivity contribution in [1.82, 2.24) is 14.0 Å². The summed E-state index contributed by atoms with van der Waals surface area (Å²) in [4.78, 5) is 40.0. The molecule has 0 atom stereocenters. The second-order valence-corrected chi connectivity index (χ2v) is 11.8. The molecule has 0 N–H and O–H groups in total. The van der Waals surface area contributed by atoms with Gasteiger partial charge in [-0.3, -0.25) is 9.13 Å². The van der Waals surface area contributed by atoms with Crippen LogP contribution in [0.4, 0.5) is 4.79 Å². The van der Waals surface area contributed by atoms with E-state index >= 15 is 0 Å².